The minimum atomic E-state index is 0.0849. The van der Waals surface area contributed by atoms with E-state index >= 15 is 0 Å². The van der Waals surface area contributed by atoms with Gasteiger partial charge in [-0.25, -0.2) is 0 Å². The summed E-state index contributed by atoms with van der Waals surface area (Å²) in [6.45, 7) is 7.65. The zero-order valence-electron chi connectivity index (χ0n) is 11.3. The van der Waals surface area contributed by atoms with Gasteiger partial charge in [-0.05, 0) is 39.1 Å². The summed E-state index contributed by atoms with van der Waals surface area (Å²) in [6, 6.07) is 6.14. The van der Waals surface area contributed by atoms with Crippen LogP contribution in [0.25, 0.3) is 0 Å². The molecule has 1 fully saturated rings. The SMILES string of the molecule is CN1CCN(c2ccc(Br)cc2CO)CC1(C)C. The summed E-state index contributed by atoms with van der Waals surface area (Å²) in [5.41, 5.74) is 2.31. The van der Waals surface area contributed by atoms with E-state index in [1.807, 2.05) is 12.1 Å². The lowest BCUT2D eigenvalue weighted by Crippen LogP contribution is -2.57. The minimum Gasteiger partial charge on any atom is -0.392 e. The Morgan fingerprint density at radius 3 is 2.67 bits per heavy atom. The van der Waals surface area contributed by atoms with E-state index < -0.39 is 0 Å². The fourth-order valence-corrected chi connectivity index (χ4v) is 2.84. The van der Waals surface area contributed by atoms with Gasteiger partial charge in [0.2, 0.25) is 0 Å². The predicted molar refractivity (Wildman–Crippen MR) is 79.0 cm³/mol. The summed E-state index contributed by atoms with van der Waals surface area (Å²) >= 11 is 3.46. The summed E-state index contributed by atoms with van der Waals surface area (Å²) in [6.07, 6.45) is 0. The molecule has 0 unspecified atom stereocenters. The first-order valence-electron chi connectivity index (χ1n) is 6.29. The quantitative estimate of drug-likeness (QED) is 0.909. The van der Waals surface area contributed by atoms with Crippen molar-refractivity contribution < 1.29 is 5.11 Å². The van der Waals surface area contributed by atoms with Gasteiger partial charge in [-0.15, -0.1) is 0 Å². The molecule has 1 aromatic rings. The van der Waals surface area contributed by atoms with Crippen molar-refractivity contribution in [1.82, 2.24) is 4.90 Å². The third-order valence-corrected chi connectivity index (χ3v) is 4.36. The molecule has 18 heavy (non-hydrogen) atoms. The second-order valence-electron chi connectivity index (χ2n) is 5.59. The standard InChI is InChI=1S/C14H21BrN2O/c1-14(2)10-17(7-6-16(14)3)13-5-4-12(15)8-11(13)9-18/h4-5,8,18H,6-7,9-10H2,1-3H3. The van der Waals surface area contributed by atoms with Crippen LogP contribution in [0.1, 0.15) is 19.4 Å². The first kappa shape index (κ1) is 13.8. The molecular formula is C14H21BrN2O. The van der Waals surface area contributed by atoms with Gasteiger partial charge in [0, 0.05) is 40.9 Å². The average Bonchev–Trinajstić information content (AvgIpc) is 2.32. The normalized spacial score (nSPS) is 20.2. The topological polar surface area (TPSA) is 26.7 Å². The van der Waals surface area contributed by atoms with Crippen LogP contribution in [0.15, 0.2) is 22.7 Å². The van der Waals surface area contributed by atoms with Gasteiger partial charge < -0.3 is 10.0 Å². The molecular weight excluding hydrogens is 292 g/mol. The van der Waals surface area contributed by atoms with Crippen molar-refractivity contribution in [3.63, 3.8) is 0 Å². The summed E-state index contributed by atoms with van der Waals surface area (Å²) in [5.74, 6) is 0. The van der Waals surface area contributed by atoms with Gasteiger partial charge >= 0.3 is 0 Å². The molecule has 0 saturated carbocycles. The summed E-state index contributed by atoms with van der Waals surface area (Å²) in [4.78, 5) is 4.76. The number of piperazine rings is 1. The van der Waals surface area contributed by atoms with Crippen LogP contribution < -0.4 is 4.90 Å². The van der Waals surface area contributed by atoms with Crippen LogP contribution in [0.2, 0.25) is 0 Å². The van der Waals surface area contributed by atoms with Crippen molar-refractivity contribution in [1.29, 1.82) is 0 Å². The molecule has 0 amide bonds. The number of aliphatic hydroxyl groups excluding tert-OH is 1. The number of hydrogen-bond acceptors (Lipinski definition) is 3. The zero-order valence-corrected chi connectivity index (χ0v) is 12.9. The Hall–Kier alpha value is -0.580. The smallest absolute Gasteiger partial charge is 0.0702 e. The monoisotopic (exact) mass is 312 g/mol. The molecule has 1 aliphatic rings. The molecule has 1 N–H and O–H groups in total. The molecule has 1 heterocycles. The second-order valence-corrected chi connectivity index (χ2v) is 6.50. The molecule has 4 heteroatoms. The molecule has 100 valence electrons. The van der Waals surface area contributed by atoms with Crippen molar-refractivity contribution in [2.45, 2.75) is 26.0 Å². The molecule has 2 rings (SSSR count). The Labute approximate surface area is 118 Å². The number of aliphatic hydroxyl groups is 1. The maximum atomic E-state index is 9.50. The number of hydrogen-bond donors (Lipinski definition) is 1. The molecule has 0 bridgehead atoms. The van der Waals surface area contributed by atoms with Gasteiger partial charge in [0.15, 0.2) is 0 Å². The second kappa shape index (κ2) is 5.19. The average molecular weight is 313 g/mol. The van der Waals surface area contributed by atoms with Crippen LogP contribution in [0.3, 0.4) is 0 Å². The van der Waals surface area contributed by atoms with Gasteiger partial charge in [-0.3, -0.25) is 4.90 Å². The van der Waals surface area contributed by atoms with Crippen molar-refractivity contribution in [3.05, 3.63) is 28.2 Å². The minimum absolute atomic E-state index is 0.0849. The number of nitrogens with zero attached hydrogens (tertiary/aromatic N) is 2. The van der Waals surface area contributed by atoms with Gasteiger partial charge in [-0.1, -0.05) is 15.9 Å². The lowest BCUT2D eigenvalue weighted by Gasteiger charge is -2.46. The van der Waals surface area contributed by atoms with E-state index in [9.17, 15) is 5.11 Å². The molecule has 0 atom stereocenters. The van der Waals surface area contributed by atoms with Crippen molar-refractivity contribution in [2.75, 3.05) is 31.6 Å². The van der Waals surface area contributed by atoms with E-state index in [2.05, 4.69) is 52.7 Å². The van der Waals surface area contributed by atoms with E-state index in [0.29, 0.717) is 0 Å². The Morgan fingerprint density at radius 2 is 2.06 bits per heavy atom. The van der Waals surface area contributed by atoms with E-state index in [4.69, 9.17) is 0 Å². The number of anilines is 1. The number of halogens is 1. The van der Waals surface area contributed by atoms with Crippen LogP contribution in [-0.2, 0) is 6.61 Å². The molecule has 3 nitrogen and oxygen atoms in total. The molecule has 0 aliphatic carbocycles. The van der Waals surface area contributed by atoms with Crippen molar-refractivity contribution in [3.8, 4) is 0 Å². The van der Waals surface area contributed by atoms with Crippen LogP contribution in [-0.4, -0.2) is 42.2 Å². The summed E-state index contributed by atoms with van der Waals surface area (Å²) in [5, 5.41) is 9.50. The Balaban J connectivity index is 2.27. The lowest BCUT2D eigenvalue weighted by atomic mass is 9.98. The highest BCUT2D eigenvalue weighted by molar-refractivity contribution is 9.10. The van der Waals surface area contributed by atoms with Crippen molar-refractivity contribution in [2.24, 2.45) is 0 Å². The molecule has 0 radical (unpaired) electrons. The molecule has 1 aromatic carbocycles. The largest absolute Gasteiger partial charge is 0.392 e. The maximum Gasteiger partial charge on any atom is 0.0702 e. The first-order chi connectivity index (χ1) is 8.44. The highest BCUT2D eigenvalue weighted by Gasteiger charge is 2.31. The summed E-state index contributed by atoms with van der Waals surface area (Å²) < 4.78 is 1.02. The highest BCUT2D eigenvalue weighted by atomic mass is 79.9. The van der Waals surface area contributed by atoms with Crippen LogP contribution >= 0.6 is 15.9 Å². The van der Waals surface area contributed by atoms with E-state index in [0.717, 1.165) is 35.4 Å². The van der Waals surface area contributed by atoms with Gasteiger partial charge in [-0.2, -0.15) is 0 Å². The predicted octanol–water partition coefficient (Wildman–Crippen LogP) is 2.47. The number of benzene rings is 1. The first-order valence-corrected chi connectivity index (χ1v) is 7.09. The fraction of sp³-hybridized carbons (Fsp3) is 0.571. The molecule has 0 spiro atoms. The van der Waals surface area contributed by atoms with Gasteiger partial charge in [0.25, 0.3) is 0 Å². The summed E-state index contributed by atoms with van der Waals surface area (Å²) in [7, 11) is 2.17. The Bertz CT molecular complexity index is 434. The Kier molecular flexibility index (Phi) is 3.99. The lowest BCUT2D eigenvalue weighted by molar-refractivity contribution is 0.138. The fourth-order valence-electron chi connectivity index (χ4n) is 2.44. The number of likely N-dealkylation sites (N-methyl/N-ethyl adjacent to an activating group) is 1. The van der Waals surface area contributed by atoms with Gasteiger partial charge in [0.1, 0.15) is 0 Å². The molecule has 0 aromatic heterocycles. The van der Waals surface area contributed by atoms with Crippen LogP contribution in [0.4, 0.5) is 5.69 Å². The third-order valence-electron chi connectivity index (χ3n) is 3.87. The van der Waals surface area contributed by atoms with Crippen LogP contribution in [0, 0.1) is 0 Å². The maximum absolute atomic E-state index is 9.50. The van der Waals surface area contributed by atoms with Crippen molar-refractivity contribution >= 4 is 21.6 Å². The van der Waals surface area contributed by atoms with Gasteiger partial charge in [0.05, 0.1) is 6.61 Å². The Morgan fingerprint density at radius 1 is 1.33 bits per heavy atom. The van der Waals surface area contributed by atoms with Crippen LogP contribution in [0.5, 0.6) is 0 Å². The molecule has 1 saturated heterocycles. The van der Waals surface area contributed by atoms with E-state index in [-0.39, 0.29) is 12.1 Å². The highest BCUT2D eigenvalue weighted by Crippen LogP contribution is 2.29. The van der Waals surface area contributed by atoms with E-state index in [1.165, 1.54) is 0 Å². The molecule has 1 aliphatic heterocycles. The number of rotatable bonds is 2. The zero-order chi connectivity index (χ0) is 13.3. The van der Waals surface area contributed by atoms with E-state index in [1.54, 1.807) is 0 Å². The third kappa shape index (κ3) is 2.71.